The predicted octanol–water partition coefficient (Wildman–Crippen LogP) is 2.09. The van der Waals surface area contributed by atoms with Gasteiger partial charge in [-0.05, 0) is 27.7 Å². The first-order valence-corrected chi connectivity index (χ1v) is 6.22. The van der Waals surface area contributed by atoms with E-state index < -0.39 is 0 Å². The van der Waals surface area contributed by atoms with Gasteiger partial charge >= 0.3 is 5.69 Å². The zero-order chi connectivity index (χ0) is 14.1. The van der Waals surface area contributed by atoms with Crippen LogP contribution in [0.5, 0.6) is 0 Å². The number of hydrogen-bond acceptors (Lipinski definition) is 3. The summed E-state index contributed by atoms with van der Waals surface area (Å²) in [4.78, 5) is 11.6. The number of ether oxygens (including phenoxy) is 2. The van der Waals surface area contributed by atoms with Crippen LogP contribution in [0.1, 0.15) is 39.8 Å². The number of imidazole rings is 1. The second kappa shape index (κ2) is 8.94. The highest BCUT2D eigenvalue weighted by atomic mass is 16.5. The van der Waals surface area contributed by atoms with Crippen molar-refractivity contribution < 1.29 is 9.47 Å². The maximum absolute atomic E-state index is 11.6. The minimum atomic E-state index is 0.0833. The molecule has 0 fully saturated rings. The molecule has 1 rings (SSSR count). The fraction of sp³-hybridized carbons (Fsp3) is 0.769. The largest absolute Gasteiger partial charge is 0.382 e. The minimum absolute atomic E-state index is 0.0833. The lowest BCUT2D eigenvalue weighted by atomic mass is 10.4. The Kier molecular flexibility index (Phi) is 8.41. The molecule has 0 spiro atoms. The third kappa shape index (κ3) is 5.51. The molecule has 0 saturated carbocycles. The zero-order valence-corrected chi connectivity index (χ0v) is 12.3. The second-order valence-electron chi connectivity index (χ2n) is 4.57. The maximum atomic E-state index is 11.6. The summed E-state index contributed by atoms with van der Waals surface area (Å²) in [7, 11) is 3.30. The minimum Gasteiger partial charge on any atom is -0.382 e. The van der Waals surface area contributed by atoms with E-state index in [4.69, 9.17) is 0 Å². The highest BCUT2D eigenvalue weighted by Crippen LogP contribution is 2.03. The van der Waals surface area contributed by atoms with E-state index in [1.807, 2.05) is 40.1 Å². The van der Waals surface area contributed by atoms with Crippen molar-refractivity contribution in [2.24, 2.45) is 0 Å². The summed E-state index contributed by atoms with van der Waals surface area (Å²) in [5.41, 5.74) is 0.0833. The number of nitrogens with zero attached hydrogens (tertiary/aromatic N) is 2. The van der Waals surface area contributed by atoms with Gasteiger partial charge in [0, 0.05) is 38.7 Å². The molecule has 18 heavy (non-hydrogen) atoms. The summed E-state index contributed by atoms with van der Waals surface area (Å²) >= 11 is 0. The Morgan fingerprint density at radius 1 is 0.944 bits per heavy atom. The molecule has 106 valence electrons. The molecule has 0 N–H and O–H groups in total. The van der Waals surface area contributed by atoms with Gasteiger partial charge < -0.3 is 9.47 Å². The number of rotatable bonds is 5. The van der Waals surface area contributed by atoms with E-state index in [1.54, 1.807) is 23.4 Å². The lowest BCUT2D eigenvalue weighted by molar-refractivity contribution is 0.103. The van der Waals surface area contributed by atoms with Crippen molar-refractivity contribution in [2.75, 3.05) is 27.4 Å². The van der Waals surface area contributed by atoms with Crippen LogP contribution in [0.15, 0.2) is 17.2 Å². The van der Waals surface area contributed by atoms with Gasteiger partial charge in [-0.1, -0.05) is 0 Å². The average molecular weight is 258 g/mol. The Morgan fingerprint density at radius 3 is 1.44 bits per heavy atom. The smallest absolute Gasteiger partial charge is 0.328 e. The second-order valence-corrected chi connectivity index (χ2v) is 4.57. The summed E-state index contributed by atoms with van der Waals surface area (Å²) in [6.45, 7) is 9.41. The standard InChI is InChI=1S/C9H16N2O.C4H10O2/c1-7(2)10-5-6-11(8(3)4)9(10)12;1-5-3-4-6-2/h5-8H,1-4H3;3-4H2,1-2H3. The summed E-state index contributed by atoms with van der Waals surface area (Å²) in [6.07, 6.45) is 3.68. The average Bonchev–Trinajstić information content (AvgIpc) is 2.69. The van der Waals surface area contributed by atoms with Gasteiger partial charge in [0.25, 0.3) is 0 Å². The lowest BCUT2D eigenvalue weighted by Crippen LogP contribution is -2.26. The van der Waals surface area contributed by atoms with Gasteiger partial charge in [0.05, 0.1) is 13.2 Å². The molecule has 0 amide bonds. The Balaban J connectivity index is 0.000000411. The molecule has 0 atom stereocenters. The molecular formula is C13H26N2O3. The van der Waals surface area contributed by atoms with Gasteiger partial charge in [-0.25, -0.2) is 4.79 Å². The van der Waals surface area contributed by atoms with Gasteiger partial charge in [-0.3, -0.25) is 9.13 Å². The third-order valence-corrected chi connectivity index (χ3v) is 2.43. The molecule has 0 saturated heterocycles. The van der Waals surface area contributed by atoms with Crippen LogP contribution in [0.2, 0.25) is 0 Å². The SMILES string of the molecule is CC(C)n1ccn(C(C)C)c1=O.COCCOC. The highest BCUT2D eigenvalue weighted by Gasteiger charge is 2.07. The summed E-state index contributed by atoms with van der Waals surface area (Å²) in [6, 6.07) is 0.495. The Bertz CT molecular complexity index is 334. The van der Waals surface area contributed by atoms with E-state index in [2.05, 4.69) is 9.47 Å². The van der Waals surface area contributed by atoms with Crippen molar-refractivity contribution in [3.63, 3.8) is 0 Å². The molecule has 0 unspecified atom stereocenters. The Morgan fingerprint density at radius 2 is 1.28 bits per heavy atom. The van der Waals surface area contributed by atoms with Crippen LogP contribution in [-0.2, 0) is 9.47 Å². The topological polar surface area (TPSA) is 45.4 Å². The maximum Gasteiger partial charge on any atom is 0.328 e. The van der Waals surface area contributed by atoms with Crippen LogP contribution in [0.25, 0.3) is 0 Å². The molecule has 1 aromatic rings. The molecule has 5 nitrogen and oxygen atoms in total. The van der Waals surface area contributed by atoms with Gasteiger partial charge in [-0.15, -0.1) is 0 Å². The highest BCUT2D eigenvalue weighted by molar-refractivity contribution is 4.85. The third-order valence-electron chi connectivity index (χ3n) is 2.43. The molecule has 0 bridgehead atoms. The fourth-order valence-corrected chi connectivity index (χ4v) is 1.36. The summed E-state index contributed by atoms with van der Waals surface area (Å²) < 4.78 is 12.8. The molecule has 0 aliphatic carbocycles. The Labute approximate surface area is 109 Å². The first-order valence-electron chi connectivity index (χ1n) is 6.22. The Hall–Kier alpha value is -1.07. The van der Waals surface area contributed by atoms with Crippen molar-refractivity contribution in [2.45, 2.75) is 39.8 Å². The van der Waals surface area contributed by atoms with Gasteiger partial charge in [-0.2, -0.15) is 0 Å². The van der Waals surface area contributed by atoms with Crippen LogP contribution in [-0.4, -0.2) is 36.6 Å². The van der Waals surface area contributed by atoms with Crippen LogP contribution < -0.4 is 5.69 Å². The van der Waals surface area contributed by atoms with Gasteiger partial charge in [0.1, 0.15) is 0 Å². The molecule has 0 radical (unpaired) electrons. The normalized spacial score (nSPS) is 10.7. The number of aromatic nitrogens is 2. The van der Waals surface area contributed by atoms with Crippen LogP contribution >= 0.6 is 0 Å². The molecule has 0 aliphatic rings. The fourth-order valence-electron chi connectivity index (χ4n) is 1.36. The van der Waals surface area contributed by atoms with Crippen LogP contribution in [0.3, 0.4) is 0 Å². The van der Waals surface area contributed by atoms with E-state index in [0.29, 0.717) is 13.2 Å². The zero-order valence-electron chi connectivity index (χ0n) is 12.3. The van der Waals surface area contributed by atoms with Crippen molar-refractivity contribution >= 4 is 0 Å². The summed E-state index contributed by atoms with van der Waals surface area (Å²) in [5.74, 6) is 0. The van der Waals surface area contributed by atoms with Crippen LogP contribution in [0, 0.1) is 0 Å². The van der Waals surface area contributed by atoms with Crippen LogP contribution in [0.4, 0.5) is 0 Å². The van der Waals surface area contributed by atoms with E-state index >= 15 is 0 Å². The lowest BCUT2D eigenvalue weighted by Gasteiger charge is -2.06. The van der Waals surface area contributed by atoms with Gasteiger partial charge in [0.15, 0.2) is 0 Å². The van der Waals surface area contributed by atoms with E-state index in [0.717, 1.165) is 0 Å². The molecule has 5 heteroatoms. The first kappa shape index (κ1) is 16.9. The van der Waals surface area contributed by atoms with E-state index in [1.165, 1.54) is 0 Å². The molecule has 0 aromatic carbocycles. The predicted molar refractivity (Wildman–Crippen MR) is 73.2 cm³/mol. The van der Waals surface area contributed by atoms with E-state index in [-0.39, 0.29) is 17.8 Å². The van der Waals surface area contributed by atoms with E-state index in [9.17, 15) is 4.79 Å². The molecule has 1 aromatic heterocycles. The van der Waals surface area contributed by atoms with Crippen molar-refractivity contribution in [1.29, 1.82) is 0 Å². The quantitative estimate of drug-likeness (QED) is 0.760. The van der Waals surface area contributed by atoms with Crippen molar-refractivity contribution in [1.82, 2.24) is 9.13 Å². The van der Waals surface area contributed by atoms with Gasteiger partial charge in [0.2, 0.25) is 0 Å². The monoisotopic (exact) mass is 258 g/mol. The molecule has 1 heterocycles. The number of methoxy groups -OCH3 is 2. The number of hydrogen-bond donors (Lipinski definition) is 0. The molecule has 0 aliphatic heterocycles. The first-order chi connectivity index (χ1) is 8.45. The summed E-state index contributed by atoms with van der Waals surface area (Å²) in [5, 5.41) is 0. The van der Waals surface area contributed by atoms with Crippen molar-refractivity contribution in [3.05, 3.63) is 22.9 Å². The molecular weight excluding hydrogens is 232 g/mol. The van der Waals surface area contributed by atoms with Crippen molar-refractivity contribution in [3.8, 4) is 0 Å².